The largest absolute Gasteiger partial charge is 0.382 e. The van der Waals surface area contributed by atoms with E-state index in [0.717, 1.165) is 18.5 Å². The van der Waals surface area contributed by atoms with Crippen molar-refractivity contribution < 1.29 is 9.47 Å². The maximum Gasteiger partial charge on any atom is 0.203 e. The molecule has 0 saturated heterocycles. The average molecular weight is 469 g/mol. The molecule has 0 radical (unpaired) electrons. The van der Waals surface area contributed by atoms with E-state index in [0.29, 0.717) is 31.9 Å². The zero-order chi connectivity index (χ0) is 25.0. The average Bonchev–Trinajstić information content (AvgIpc) is 2.84. The molecule has 1 aromatic heterocycles. The van der Waals surface area contributed by atoms with Gasteiger partial charge < -0.3 is 14.9 Å². The van der Waals surface area contributed by atoms with Crippen LogP contribution in [0.3, 0.4) is 0 Å². The smallest absolute Gasteiger partial charge is 0.203 e. The second-order valence-electron chi connectivity index (χ2n) is 7.03. The van der Waals surface area contributed by atoms with Crippen molar-refractivity contribution in [1.29, 1.82) is 5.41 Å². The van der Waals surface area contributed by atoms with E-state index in [-0.39, 0.29) is 11.5 Å². The van der Waals surface area contributed by atoms with Gasteiger partial charge in [0, 0.05) is 63.4 Å². The molecule has 0 amide bonds. The summed E-state index contributed by atoms with van der Waals surface area (Å²) in [5, 5.41) is 17.8. The predicted molar refractivity (Wildman–Crippen MR) is 140 cm³/mol. The Balaban J connectivity index is 2.59. The van der Waals surface area contributed by atoms with Gasteiger partial charge in [-0.3, -0.25) is 14.8 Å². The van der Waals surface area contributed by atoms with E-state index in [2.05, 4.69) is 21.8 Å². The van der Waals surface area contributed by atoms with Gasteiger partial charge >= 0.3 is 0 Å². The number of ether oxygens (including phenoxy) is 2. The normalized spacial score (nSPS) is 13.1. The summed E-state index contributed by atoms with van der Waals surface area (Å²) in [5.41, 5.74) is 1.04. The Hall–Kier alpha value is -3.43. The summed E-state index contributed by atoms with van der Waals surface area (Å²) in [5.74, 6) is 0. The third-order valence-electron chi connectivity index (χ3n) is 4.26. The SMILES string of the molecule is C=C(/C=C\C=C\C=NCC(C=N)OCCOC)Cc1nn(/C=C/N(CC)/N=C\CC)ccc1=O. The van der Waals surface area contributed by atoms with Crippen molar-refractivity contribution in [3.05, 3.63) is 70.8 Å². The number of methoxy groups -OCH3 is 1. The Morgan fingerprint density at radius 1 is 1.32 bits per heavy atom. The van der Waals surface area contributed by atoms with Gasteiger partial charge in [-0.15, -0.1) is 0 Å². The fourth-order valence-electron chi connectivity index (χ4n) is 2.47. The molecule has 0 aromatic carbocycles. The number of hydrazone groups is 1. The number of aromatic nitrogens is 2. The fraction of sp³-hybridized carbons (Fsp3) is 0.400. The molecular weight excluding hydrogens is 432 g/mol. The third kappa shape index (κ3) is 12.6. The summed E-state index contributed by atoms with van der Waals surface area (Å²) in [6.45, 7) is 10.0. The Bertz CT molecular complexity index is 946. The highest BCUT2D eigenvalue weighted by molar-refractivity contribution is 5.72. The molecule has 1 atom stereocenters. The van der Waals surface area contributed by atoms with Crippen LogP contribution in [0.1, 0.15) is 26.0 Å². The second kappa shape index (κ2) is 18.0. The molecule has 0 aliphatic rings. The molecule has 0 spiro atoms. The first-order valence-electron chi connectivity index (χ1n) is 11.2. The van der Waals surface area contributed by atoms with E-state index in [4.69, 9.17) is 14.9 Å². The van der Waals surface area contributed by atoms with Gasteiger partial charge in [-0.2, -0.15) is 10.2 Å². The van der Waals surface area contributed by atoms with Crippen molar-refractivity contribution in [1.82, 2.24) is 14.8 Å². The minimum Gasteiger partial charge on any atom is -0.382 e. The minimum atomic E-state index is -0.360. The van der Waals surface area contributed by atoms with Crippen molar-refractivity contribution in [2.45, 2.75) is 32.8 Å². The van der Waals surface area contributed by atoms with Crippen molar-refractivity contribution in [2.24, 2.45) is 10.1 Å². The van der Waals surface area contributed by atoms with Gasteiger partial charge in [-0.05, 0) is 25.0 Å². The summed E-state index contributed by atoms with van der Waals surface area (Å²) in [6, 6.07) is 1.49. The zero-order valence-corrected chi connectivity index (χ0v) is 20.3. The number of nitrogens with one attached hydrogen (secondary N) is 1. The van der Waals surface area contributed by atoms with Crippen LogP contribution in [0.5, 0.6) is 0 Å². The van der Waals surface area contributed by atoms with E-state index in [1.807, 2.05) is 44.5 Å². The number of hydrogen-bond donors (Lipinski definition) is 1. The maximum atomic E-state index is 12.2. The van der Waals surface area contributed by atoms with E-state index in [1.54, 1.807) is 41.5 Å². The summed E-state index contributed by atoms with van der Waals surface area (Å²) in [4.78, 5) is 16.4. The lowest BCUT2D eigenvalue weighted by molar-refractivity contribution is 0.0533. The first kappa shape index (κ1) is 28.6. The van der Waals surface area contributed by atoms with Crippen LogP contribution in [-0.2, 0) is 15.9 Å². The quantitative estimate of drug-likeness (QED) is 0.163. The molecule has 0 aliphatic heterocycles. The maximum absolute atomic E-state index is 12.2. The monoisotopic (exact) mass is 468 g/mol. The molecule has 1 heterocycles. The summed E-state index contributed by atoms with van der Waals surface area (Å²) in [6.07, 6.45) is 18.0. The highest BCUT2D eigenvalue weighted by Crippen LogP contribution is 2.02. The van der Waals surface area contributed by atoms with Gasteiger partial charge in [0.15, 0.2) is 0 Å². The van der Waals surface area contributed by atoms with Crippen LogP contribution in [0.4, 0.5) is 0 Å². The molecule has 1 unspecified atom stereocenters. The lowest BCUT2D eigenvalue weighted by Crippen LogP contribution is -2.20. The number of hydrogen-bond acceptors (Lipinski definition) is 8. The van der Waals surface area contributed by atoms with Crippen molar-refractivity contribution in [2.75, 3.05) is 33.4 Å². The van der Waals surface area contributed by atoms with Crippen LogP contribution in [0, 0.1) is 5.41 Å². The molecule has 0 fully saturated rings. The van der Waals surface area contributed by atoms with Crippen molar-refractivity contribution in [3.8, 4) is 0 Å². The van der Waals surface area contributed by atoms with Crippen LogP contribution in [0.2, 0.25) is 0 Å². The summed E-state index contributed by atoms with van der Waals surface area (Å²) in [7, 11) is 1.60. The van der Waals surface area contributed by atoms with Gasteiger partial charge in [-0.1, -0.05) is 31.7 Å². The number of rotatable bonds is 17. The molecule has 1 rings (SSSR count). The summed E-state index contributed by atoms with van der Waals surface area (Å²) < 4.78 is 11.9. The van der Waals surface area contributed by atoms with E-state index >= 15 is 0 Å². The molecule has 9 nitrogen and oxygen atoms in total. The van der Waals surface area contributed by atoms with E-state index < -0.39 is 0 Å². The molecular formula is C25H36N6O3. The van der Waals surface area contributed by atoms with E-state index in [9.17, 15) is 4.79 Å². The van der Waals surface area contributed by atoms with Crippen LogP contribution < -0.4 is 5.43 Å². The van der Waals surface area contributed by atoms with Crippen molar-refractivity contribution in [3.63, 3.8) is 0 Å². The molecule has 0 aliphatic carbocycles. The van der Waals surface area contributed by atoms with Gasteiger partial charge in [0.1, 0.15) is 11.8 Å². The van der Waals surface area contributed by atoms with Gasteiger partial charge in [0.2, 0.25) is 5.43 Å². The molecule has 1 N–H and O–H groups in total. The number of aliphatic imine (C=N–C) groups is 1. The Labute approximate surface area is 202 Å². The lowest BCUT2D eigenvalue weighted by Gasteiger charge is -2.10. The minimum absolute atomic E-state index is 0.133. The molecule has 34 heavy (non-hydrogen) atoms. The highest BCUT2D eigenvalue weighted by atomic mass is 16.5. The van der Waals surface area contributed by atoms with Gasteiger partial charge in [0.25, 0.3) is 0 Å². The van der Waals surface area contributed by atoms with Crippen LogP contribution in [0.25, 0.3) is 6.20 Å². The molecule has 184 valence electrons. The summed E-state index contributed by atoms with van der Waals surface area (Å²) >= 11 is 0. The van der Waals surface area contributed by atoms with Crippen molar-refractivity contribution >= 4 is 24.8 Å². The van der Waals surface area contributed by atoms with Gasteiger partial charge in [-0.25, -0.2) is 4.68 Å². The Kier molecular flexibility index (Phi) is 15.2. The molecule has 0 bridgehead atoms. The predicted octanol–water partition coefficient (Wildman–Crippen LogP) is 3.35. The van der Waals surface area contributed by atoms with E-state index in [1.165, 1.54) is 12.3 Å². The van der Waals surface area contributed by atoms with Crippen LogP contribution in [0.15, 0.2) is 69.8 Å². The zero-order valence-electron chi connectivity index (χ0n) is 20.3. The molecule has 0 saturated carbocycles. The standard InChI is InChI=1S/C25H36N6O3/c1-5-12-28-30(6-2)15-16-31-14-11-25(32)24(29-31)19-22(3)10-8-7-9-13-27-21-23(20-26)34-18-17-33-4/h7-16,20,23,26H,3,5-6,17-19,21H2,1-2,4H3/b9-7+,10-8-,16-15+,26-20?,27-13?,28-12-. The topological polar surface area (TPSA) is 105 Å². The van der Waals surface area contributed by atoms with Crippen LogP contribution >= 0.6 is 0 Å². The molecule has 1 aromatic rings. The number of nitrogens with zero attached hydrogens (tertiary/aromatic N) is 5. The van der Waals surface area contributed by atoms with Gasteiger partial charge in [0.05, 0.1) is 19.8 Å². The molecule has 9 heteroatoms. The third-order valence-corrected chi connectivity index (χ3v) is 4.26. The fourth-order valence-corrected chi connectivity index (χ4v) is 2.47. The Morgan fingerprint density at radius 2 is 2.15 bits per heavy atom. The second-order valence-corrected chi connectivity index (χ2v) is 7.03. The first-order chi connectivity index (χ1) is 16.5. The first-order valence-corrected chi connectivity index (χ1v) is 11.2. The lowest BCUT2D eigenvalue weighted by atomic mass is 10.1. The Morgan fingerprint density at radius 3 is 2.85 bits per heavy atom. The number of allylic oxidation sites excluding steroid dienone is 5. The highest BCUT2D eigenvalue weighted by Gasteiger charge is 2.04. The van der Waals surface area contributed by atoms with Crippen LogP contribution in [-0.4, -0.2) is 73.0 Å².